The fourth-order valence-electron chi connectivity index (χ4n) is 2.49. The number of hydrogen-bond acceptors (Lipinski definition) is 5. The van der Waals surface area contributed by atoms with Crippen molar-refractivity contribution in [3.8, 4) is 5.75 Å². The summed E-state index contributed by atoms with van der Waals surface area (Å²) >= 11 is 0. The SMILES string of the molecule is O=C1CC(OCS(=O)(=O)O)(c2ccccc2)Oc2ccccc21. The van der Waals surface area contributed by atoms with Gasteiger partial charge in [-0.05, 0) is 12.1 Å². The Morgan fingerprint density at radius 2 is 1.74 bits per heavy atom. The van der Waals surface area contributed by atoms with E-state index in [2.05, 4.69) is 0 Å². The van der Waals surface area contributed by atoms with Crippen LogP contribution in [0.25, 0.3) is 0 Å². The van der Waals surface area contributed by atoms with E-state index < -0.39 is 21.8 Å². The fourth-order valence-corrected chi connectivity index (χ4v) is 2.83. The molecule has 0 radical (unpaired) electrons. The molecule has 2 aromatic carbocycles. The molecule has 3 rings (SSSR count). The van der Waals surface area contributed by atoms with Crippen LogP contribution < -0.4 is 4.74 Å². The topological polar surface area (TPSA) is 89.9 Å². The number of ketones is 1. The van der Waals surface area contributed by atoms with Gasteiger partial charge in [0.05, 0.1) is 12.0 Å². The molecule has 2 aromatic rings. The van der Waals surface area contributed by atoms with Crippen LogP contribution in [0.1, 0.15) is 22.3 Å². The summed E-state index contributed by atoms with van der Waals surface area (Å²) in [6.45, 7) is 0. The number of para-hydroxylation sites is 1. The molecule has 1 unspecified atom stereocenters. The lowest BCUT2D eigenvalue weighted by molar-refractivity contribution is -0.181. The predicted molar refractivity (Wildman–Crippen MR) is 81.6 cm³/mol. The molecule has 0 aromatic heterocycles. The number of Topliss-reactive ketones (excluding diaryl/α,β-unsaturated/α-hetero) is 1. The molecule has 0 amide bonds. The summed E-state index contributed by atoms with van der Waals surface area (Å²) in [7, 11) is -4.38. The van der Waals surface area contributed by atoms with Gasteiger partial charge in [-0.2, -0.15) is 8.42 Å². The van der Waals surface area contributed by atoms with Gasteiger partial charge in [0.25, 0.3) is 10.1 Å². The number of rotatable bonds is 4. The Morgan fingerprint density at radius 1 is 1.09 bits per heavy atom. The van der Waals surface area contributed by atoms with E-state index in [1.807, 2.05) is 0 Å². The molecule has 6 nitrogen and oxygen atoms in total. The molecule has 1 N–H and O–H groups in total. The van der Waals surface area contributed by atoms with Crippen LogP contribution in [0.4, 0.5) is 0 Å². The lowest BCUT2D eigenvalue weighted by atomic mass is 9.93. The van der Waals surface area contributed by atoms with Crippen molar-refractivity contribution in [1.82, 2.24) is 0 Å². The number of hydrogen-bond donors (Lipinski definition) is 1. The summed E-state index contributed by atoms with van der Waals surface area (Å²) in [6, 6.07) is 15.2. The molecule has 0 saturated heterocycles. The van der Waals surface area contributed by atoms with Crippen LogP contribution in [-0.4, -0.2) is 24.7 Å². The van der Waals surface area contributed by atoms with Crippen molar-refractivity contribution in [1.29, 1.82) is 0 Å². The molecule has 1 aliphatic heterocycles. The van der Waals surface area contributed by atoms with Crippen molar-refractivity contribution < 1.29 is 27.2 Å². The highest BCUT2D eigenvalue weighted by molar-refractivity contribution is 7.85. The summed E-state index contributed by atoms with van der Waals surface area (Å²) in [5.41, 5.74) is 0.904. The zero-order chi connectivity index (χ0) is 16.5. The van der Waals surface area contributed by atoms with Gasteiger partial charge in [-0.1, -0.05) is 42.5 Å². The van der Waals surface area contributed by atoms with Crippen molar-refractivity contribution in [3.63, 3.8) is 0 Å². The first kappa shape index (κ1) is 15.7. The standard InChI is InChI=1S/C16H14O6S/c17-14-10-16(21-11-23(18,19)20,12-6-2-1-3-7-12)22-15-9-5-4-8-13(14)15/h1-9H,10-11H2,(H,18,19,20). The summed E-state index contributed by atoms with van der Waals surface area (Å²) in [4.78, 5) is 12.4. The van der Waals surface area contributed by atoms with Crippen molar-refractivity contribution >= 4 is 15.9 Å². The molecule has 0 spiro atoms. The number of fused-ring (bicyclic) bond motifs is 1. The quantitative estimate of drug-likeness (QED) is 0.863. The van der Waals surface area contributed by atoms with E-state index in [9.17, 15) is 13.2 Å². The van der Waals surface area contributed by atoms with Gasteiger partial charge in [0.1, 0.15) is 5.75 Å². The van der Waals surface area contributed by atoms with Crippen LogP contribution >= 0.6 is 0 Å². The Morgan fingerprint density at radius 3 is 2.43 bits per heavy atom. The molecule has 0 bridgehead atoms. The van der Waals surface area contributed by atoms with Crippen molar-refractivity contribution in [2.24, 2.45) is 0 Å². The van der Waals surface area contributed by atoms with Crippen molar-refractivity contribution in [3.05, 3.63) is 65.7 Å². The molecule has 1 atom stereocenters. The largest absolute Gasteiger partial charge is 0.457 e. The number of ether oxygens (including phenoxy) is 2. The van der Waals surface area contributed by atoms with E-state index in [1.165, 1.54) is 0 Å². The van der Waals surface area contributed by atoms with E-state index >= 15 is 0 Å². The van der Waals surface area contributed by atoms with Crippen LogP contribution in [0.2, 0.25) is 0 Å². The third kappa shape index (κ3) is 3.26. The molecule has 120 valence electrons. The minimum Gasteiger partial charge on any atom is -0.457 e. The highest BCUT2D eigenvalue weighted by atomic mass is 32.2. The predicted octanol–water partition coefficient (Wildman–Crippen LogP) is 2.37. The maximum absolute atomic E-state index is 12.4. The van der Waals surface area contributed by atoms with Crippen LogP contribution in [0, 0.1) is 0 Å². The fraction of sp³-hybridized carbons (Fsp3) is 0.188. The van der Waals surface area contributed by atoms with Crippen molar-refractivity contribution in [2.75, 3.05) is 5.94 Å². The summed E-state index contributed by atoms with van der Waals surface area (Å²) in [5.74, 6) is -2.49. The average Bonchev–Trinajstić information content (AvgIpc) is 2.53. The Bertz CT molecular complexity index is 831. The monoisotopic (exact) mass is 334 g/mol. The van der Waals surface area contributed by atoms with Gasteiger partial charge in [-0.25, -0.2) is 0 Å². The number of benzene rings is 2. The van der Waals surface area contributed by atoms with E-state index in [-0.39, 0.29) is 12.2 Å². The van der Waals surface area contributed by atoms with Crippen molar-refractivity contribution in [2.45, 2.75) is 12.2 Å². The summed E-state index contributed by atoms with van der Waals surface area (Å²) in [6.07, 6.45) is -0.191. The van der Waals surface area contributed by atoms with E-state index in [0.717, 1.165) is 0 Å². The smallest absolute Gasteiger partial charge is 0.289 e. The molecule has 1 aliphatic rings. The summed E-state index contributed by atoms with van der Waals surface area (Å²) < 4.78 is 42.3. The van der Waals surface area contributed by atoms with Gasteiger partial charge in [-0.15, -0.1) is 0 Å². The van der Waals surface area contributed by atoms with Gasteiger partial charge in [0.2, 0.25) is 5.79 Å². The van der Waals surface area contributed by atoms with Gasteiger partial charge < -0.3 is 9.47 Å². The maximum Gasteiger partial charge on any atom is 0.289 e. The van der Waals surface area contributed by atoms with E-state index in [0.29, 0.717) is 16.9 Å². The molecule has 7 heteroatoms. The molecular formula is C16H14O6S. The first-order chi connectivity index (χ1) is 10.9. The van der Waals surface area contributed by atoms with Crippen LogP contribution in [0.5, 0.6) is 5.75 Å². The van der Waals surface area contributed by atoms with Gasteiger partial charge >= 0.3 is 0 Å². The minimum absolute atomic E-state index is 0.191. The highest BCUT2D eigenvalue weighted by Crippen LogP contribution is 2.40. The highest BCUT2D eigenvalue weighted by Gasteiger charge is 2.44. The van der Waals surface area contributed by atoms with Crippen LogP contribution in [0.3, 0.4) is 0 Å². The average molecular weight is 334 g/mol. The lowest BCUT2D eigenvalue weighted by Gasteiger charge is -2.37. The van der Waals surface area contributed by atoms with Gasteiger partial charge in [0.15, 0.2) is 11.7 Å². The Labute approximate surface area is 133 Å². The summed E-state index contributed by atoms with van der Waals surface area (Å²) in [5, 5.41) is 0. The maximum atomic E-state index is 12.4. The Hall–Kier alpha value is -2.22. The molecule has 23 heavy (non-hydrogen) atoms. The normalized spacial score (nSPS) is 20.7. The van der Waals surface area contributed by atoms with Crippen LogP contribution in [-0.2, 0) is 20.6 Å². The van der Waals surface area contributed by atoms with E-state index in [1.54, 1.807) is 54.6 Å². The molecule has 1 heterocycles. The third-order valence-electron chi connectivity index (χ3n) is 3.51. The molecule has 0 saturated carbocycles. The molecule has 0 fully saturated rings. The zero-order valence-corrected chi connectivity index (χ0v) is 12.8. The first-order valence-corrected chi connectivity index (χ1v) is 8.46. The molecule has 0 aliphatic carbocycles. The second-order valence-corrected chi connectivity index (χ2v) is 6.56. The van der Waals surface area contributed by atoms with Gasteiger partial charge in [-0.3, -0.25) is 9.35 Å². The minimum atomic E-state index is -4.38. The Kier molecular flexibility index (Phi) is 3.93. The molecular weight excluding hydrogens is 320 g/mol. The third-order valence-corrected chi connectivity index (χ3v) is 3.93. The Balaban J connectivity index is 2.06. The van der Waals surface area contributed by atoms with Gasteiger partial charge in [0, 0.05) is 5.56 Å². The number of carbonyl (C=O) groups excluding carboxylic acids is 1. The van der Waals surface area contributed by atoms with Crippen LogP contribution in [0.15, 0.2) is 54.6 Å². The second-order valence-electron chi connectivity index (χ2n) is 5.16. The first-order valence-electron chi connectivity index (χ1n) is 6.85. The second kappa shape index (κ2) is 5.77. The van der Waals surface area contributed by atoms with E-state index in [4.69, 9.17) is 14.0 Å². The zero-order valence-electron chi connectivity index (χ0n) is 12.0. The number of carbonyl (C=O) groups is 1. The lowest BCUT2D eigenvalue weighted by Crippen LogP contribution is -2.43.